The molecular weight excluding hydrogens is 334 g/mol. The van der Waals surface area contributed by atoms with E-state index in [-0.39, 0.29) is 25.3 Å². The van der Waals surface area contributed by atoms with Crippen molar-refractivity contribution in [3.63, 3.8) is 0 Å². The highest BCUT2D eigenvalue weighted by Crippen LogP contribution is 2.16. The fourth-order valence-electron chi connectivity index (χ4n) is 1.39. The molecule has 1 aromatic heterocycles. The Labute approximate surface area is 123 Å². The van der Waals surface area contributed by atoms with E-state index in [2.05, 4.69) is 25.4 Å². The van der Waals surface area contributed by atoms with Gasteiger partial charge in [-0.05, 0) is 28.1 Å². The molecule has 0 unspecified atom stereocenters. The molecule has 0 saturated carbocycles. The van der Waals surface area contributed by atoms with Crippen LogP contribution in [-0.2, 0) is 19.1 Å². The normalized spacial score (nSPS) is 9.95. The summed E-state index contributed by atoms with van der Waals surface area (Å²) in [7, 11) is 2.47. The molecule has 0 saturated heterocycles. The highest BCUT2D eigenvalue weighted by Gasteiger charge is 2.22. The Balaban J connectivity index is 2.77. The number of carbonyl (C=O) groups is 3. The SMILES string of the molecule is COC(=O)CCN(CC(=O)OC)C(=O)c1ccc(Br)o1. The molecule has 0 atom stereocenters. The van der Waals surface area contributed by atoms with E-state index in [1.54, 1.807) is 6.07 Å². The summed E-state index contributed by atoms with van der Waals surface area (Å²) in [6.07, 6.45) is -0.0267. The van der Waals surface area contributed by atoms with Gasteiger partial charge in [0.2, 0.25) is 0 Å². The summed E-state index contributed by atoms with van der Waals surface area (Å²) in [5.74, 6) is -1.52. The minimum Gasteiger partial charge on any atom is -0.469 e. The molecule has 0 bridgehead atoms. The first-order valence-corrected chi connectivity index (χ1v) is 6.45. The van der Waals surface area contributed by atoms with Crippen LogP contribution in [0.3, 0.4) is 0 Å². The number of amides is 1. The summed E-state index contributed by atoms with van der Waals surface area (Å²) in [5.41, 5.74) is 0. The third-order valence-electron chi connectivity index (χ3n) is 2.43. The van der Waals surface area contributed by atoms with Gasteiger partial charge >= 0.3 is 11.9 Å². The minimum absolute atomic E-state index is 0.0267. The number of esters is 2. The van der Waals surface area contributed by atoms with Crippen LogP contribution in [-0.4, -0.2) is 50.1 Å². The molecule has 8 heteroatoms. The highest BCUT2D eigenvalue weighted by atomic mass is 79.9. The van der Waals surface area contributed by atoms with Crippen molar-refractivity contribution in [2.24, 2.45) is 0 Å². The van der Waals surface area contributed by atoms with Crippen LogP contribution in [0, 0.1) is 0 Å². The van der Waals surface area contributed by atoms with Gasteiger partial charge < -0.3 is 18.8 Å². The van der Waals surface area contributed by atoms with Gasteiger partial charge in [-0.25, -0.2) is 0 Å². The van der Waals surface area contributed by atoms with Crippen LogP contribution in [0.1, 0.15) is 17.0 Å². The summed E-state index contributed by atoms with van der Waals surface area (Å²) in [4.78, 5) is 35.8. The number of methoxy groups -OCH3 is 2. The van der Waals surface area contributed by atoms with Gasteiger partial charge in [-0.15, -0.1) is 0 Å². The lowest BCUT2D eigenvalue weighted by Gasteiger charge is -2.19. The largest absolute Gasteiger partial charge is 0.469 e. The van der Waals surface area contributed by atoms with Crippen molar-refractivity contribution in [1.82, 2.24) is 4.90 Å². The molecule has 7 nitrogen and oxygen atoms in total. The second kappa shape index (κ2) is 7.68. The second-order valence-corrected chi connectivity index (χ2v) is 4.51. The molecule has 1 heterocycles. The molecular formula is C12H14BrNO6. The third-order valence-corrected chi connectivity index (χ3v) is 2.86. The number of halogens is 1. The van der Waals surface area contributed by atoms with Gasteiger partial charge in [0.1, 0.15) is 6.54 Å². The van der Waals surface area contributed by atoms with Crippen LogP contribution in [0.5, 0.6) is 0 Å². The maximum absolute atomic E-state index is 12.2. The maximum Gasteiger partial charge on any atom is 0.325 e. The molecule has 0 radical (unpaired) electrons. The number of ether oxygens (including phenoxy) is 2. The molecule has 0 aliphatic heterocycles. The lowest BCUT2D eigenvalue weighted by Crippen LogP contribution is -2.37. The number of carbonyl (C=O) groups excluding carboxylic acids is 3. The van der Waals surface area contributed by atoms with Crippen molar-refractivity contribution in [1.29, 1.82) is 0 Å². The first kappa shape index (κ1) is 16.2. The van der Waals surface area contributed by atoms with Gasteiger partial charge in [0.05, 0.1) is 20.6 Å². The van der Waals surface area contributed by atoms with E-state index in [4.69, 9.17) is 4.42 Å². The number of hydrogen-bond donors (Lipinski definition) is 0. The minimum atomic E-state index is -0.589. The van der Waals surface area contributed by atoms with E-state index >= 15 is 0 Å². The summed E-state index contributed by atoms with van der Waals surface area (Å²) in [6.45, 7) is -0.246. The van der Waals surface area contributed by atoms with Gasteiger partial charge in [-0.2, -0.15) is 0 Å². The Morgan fingerprint density at radius 2 is 1.85 bits per heavy atom. The Bertz CT molecular complexity index is 498. The van der Waals surface area contributed by atoms with E-state index in [0.29, 0.717) is 4.67 Å². The zero-order valence-electron chi connectivity index (χ0n) is 11.1. The average molecular weight is 348 g/mol. The molecule has 20 heavy (non-hydrogen) atoms. The van der Waals surface area contributed by atoms with Crippen LogP contribution in [0.25, 0.3) is 0 Å². The van der Waals surface area contributed by atoms with E-state index in [1.807, 2.05) is 0 Å². The fraction of sp³-hybridized carbons (Fsp3) is 0.417. The molecule has 110 valence electrons. The van der Waals surface area contributed by atoms with Crippen molar-refractivity contribution in [3.05, 3.63) is 22.6 Å². The van der Waals surface area contributed by atoms with E-state index in [0.717, 1.165) is 4.90 Å². The van der Waals surface area contributed by atoms with Crippen LogP contribution in [0.2, 0.25) is 0 Å². The molecule has 0 N–H and O–H groups in total. The molecule has 0 aliphatic carbocycles. The molecule has 0 fully saturated rings. The number of hydrogen-bond acceptors (Lipinski definition) is 6. The van der Waals surface area contributed by atoms with Gasteiger partial charge in [-0.1, -0.05) is 0 Å². The molecule has 0 aromatic carbocycles. The average Bonchev–Trinajstić information content (AvgIpc) is 2.88. The van der Waals surface area contributed by atoms with Crippen LogP contribution in [0.15, 0.2) is 21.2 Å². The van der Waals surface area contributed by atoms with E-state index < -0.39 is 17.8 Å². The summed E-state index contributed by atoms with van der Waals surface area (Å²) in [6, 6.07) is 3.03. The maximum atomic E-state index is 12.2. The third kappa shape index (κ3) is 4.69. The van der Waals surface area contributed by atoms with Crippen molar-refractivity contribution < 1.29 is 28.3 Å². The molecule has 1 rings (SSSR count). The summed E-state index contributed by atoms with van der Waals surface area (Å²) < 4.78 is 14.5. The molecule has 0 aliphatic rings. The van der Waals surface area contributed by atoms with Crippen molar-refractivity contribution >= 4 is 33.8 Å². The van der Waals surface area contributed by atoms with Gasteiger partial charge in [-0.3, -0.25) is 14.4 Å². The number of nitrogens with zero attached hydrogens (tertiary/aromatic N) is 1. The predicted molar refractivity (Wildman–Crippen MR) is 71.0 cm³/mol. The highest BCUT2D eigenvalue weighted by molar-refractivity contribution is 9.10. The topological polar surface area (TPSA) is 86.0 Å². The lowest BCUT2D eigenvalue weighted by atomic mass is 10.3. The zero-order chi connectivity index (χ0) is 15.1. The number of furan rings is 1. The fourth-order valence-corrected chi connectivity index (χ4v) is 1.69. The smallest absolute Gasteiger partial charge is 0.325 e. The number of rotatable bonds is 6. The van der Waals surface area contributed by atoms with Crippen molar-refractivity contribution in [2.45, 2.75) is 6.42 Å². The molecule has 1 aromatic rings. The van der Waals surface area contributed by atoms with Gasteiger partial charge in [0.15, 0.2) is 10.4 Å². The second-order valence-electron chi connectivity index (χ2n) is 3.73. The van der Waals surface area contributed by atoms with Gasteiger partial charge in [0, 0.05) is 6.54 Å². The Kier molecular flexibility index (Phi) is 6.23. The Morgan fingerprint density at radius 1 is 1.20 bits per heavy atom. The standard InChI is InChI=1S/C12H14BrNO6/c1-18-10(15)5-6-14(7-11(16)19-2)12(17)8-3-4-9(13)20-8/h3-4H,5-7H2,1-2H3. The summed E-state index contributed by atoms with van der Waals surface area (Å²) in [5, 5.41) is 0. The quantitative estimate of drug-likeness (QED) is 0.719. The van der Waals surface area contributed by atoms with Gasteiger partial charge in [0.25, 0.3) is 5.91 Å². The van der Waals surface area contributed by atoms with Crippen molar-refractivity contribution in [3.8, 4) is 0 Å². The van der Waals surface area contributed by atoms with E-state index in [9.17, 15) is 14.4 Å². The van der Waals surface area contributed by atoms with Crippen LogP contribution >= 0.6 is 15.9 Å². The zero-order valence-corrected chi connectivity index (χ0v) is 12.6. The van der Waals surface area contributed by atoms with Crippen LogP contribution < -0.4 is 0 Å². The Morgan fingerprint density at radius 3 is 2.35 bits per heavy atom. The van der Waals surface area contributed by atoms with E-state index in [1.165, 1.54) is 20.3 Å². The first-order valence-electron chi connectivity index (χ1n) is 5.66. The van der Waals surface area contributed by atoms with Crippen molar-refractivity contribution in [2.75, 3.05) is 27.3 Å². The predicted octanol–water partition coefficient (Wildman–Crippen LogP) is 1.22. The molecule has 0 spiro atoms. The lowest BCUT2D eigenvalue weighted by molar-refractivity contribution is -0.143. The monoisotopic (exact) mass is 347 g/mol. The Hall–Kier alpha value is -1.83. The summed E-state index contributed by atoms with van der Waals surface area (Å²) >= 11 is 3.08. The van der Waals surface area contributed by atoms with Crippen LogP contribution in [0.4, 0.5) is 0 Å². The molecule has 1 amide bonds. The first-order chi connectivity index (χ1) is 9.47.